The van der Waals surface area contributed by atoms with Crippen LogP contribution in [0.1, 0.15) is 24.0 Å². The minimum Gasteiger partial charge on any atom is -0.481 e. The van der Waals surface area contributed by atoms with Crippen molar-refractivity contribution in [3.05, 3.63) is 28.3 Å². The maximum Gasteiger partial charge on any atom is 0.426 e. The van der Waals surface area contributed by atoms with Crippen LogP contribution >= 0.6 is 23.2 Å². The Morgan fingerprint density at radius 3 is 2.71 bits per heavy atom. The number of carboxylic acids is 1. The fourth-order valence-corrected chi connectivity index (χ4v) is 2.79. The summed E-state index contributed by atoms with van der Waals surface area (Å²) < 4.78 is 44.5. The molecule has 1 aromatic rings. The Kier molecular flexibility index (Phi) is 5.89. The van der Waals surface area contributed by atoms with E-state index in [4.69, 9.17) is 33.0 Å². The number of hydrogen-bond acceptors (Lipinski definition) is 2. The molecule has 2 unspecified atom stereocenters. The van der Waals surface area contributed by atoms with Crippen LogP contribution < -0.4 is 4.74 Å². The molecule has 0 saturated heterocycles. The van der Waals surface area contributed by atoms with E-state index in [1.54, 1.807) is 0 Å². The largest absolute Gasteiger partial charge is 0.481 e. The summed E-state index contributed by atoms with van der Waals surface area (Å²) in [5, 5.41) is 9.34. The van der Waals surface area contributed by atoms with E-state index in [0.717, 1.165) is 0 Å². The molecule has 0 amide bonds. The van der Waals surface area contributed by atoms with Gasteiger partial charge in [-0.2, -0.15) is 13.2 Å². The molecule has 1 aliphatic rings. The van der Waals surface area contributed by atoms with Gasteiger partial charge in [0.2, 0.25) is 6.10 Å². The molecule has 1 N–H and O–H groups in total. The molecule has 1 aliphatic heterocycles. The second-order valence-electron chi connectivity index (χ2n) is 5.26. The van der Waals surface area contributed by atoms with Crippen LogP contribution in [0.2, 0.25) is 5.02 Å². The second kappa shape index (κ2) is 7.54. The van der Waals surface area contributed by atoms with Crippen LogP contribution in [0.3, 0.4) is 0 Å². The van der Waals surface area contributed by atoms with Crippen molar-refractivity contribution in [2.24, 2.45) is 5.92 Å². The summed E-state index contributed by atoms with van der Waals surface area (Å²) in [6.07, 6.45) is -6.43. The quantitative estimate of drug-likeness (QED) is 0.483. The summed E-state index contributed by atoms with van der Waals surface area (Å²) in [6, 6.07) is 2.81. The zero-order chi connectivity index (χ0) is 17.9. The van der Waals surface area contributed by atoms with E-state index in [1.165, 1.54) is 12.1 Å². The average Bonchev–Trinajstić information content (AvgIpc) is 2.49. The van der Waals surface area contributed by atoms with Gasteiger partial charge in [-0.05, 0) is 30.5 Å². The average molecular weight is 381 g/mol. The van der Waals surface area contributed by atoms with E-state index in [-0.39, 0.29) is 22.8 Å². The summed E-state index contributed by atoms with van der Waals surface area (Å²) in [6.45, 7) is 0. The zero-order valence-corrected chi connectivity index (χ0v) is 13.8. The molecular weight excluding hydrogens is 368 g/mol. The minimum atomic E-state index is -4.80. The predicted molar refractivity (Wildman–Crippen MR) is 83.6 cm³/mol. The van der Waals surface area contributed by atoms with Crippen LogP contribution in [-0.2, 0) is 11.2 Å². The molecular formula is C16H13Cl2F3O3. The highest BCUT2D eigenvalue weighted by atomic mass is 35.5. The van der Waals surface area contributed by atoms with E-state index in [9.17, 15) is 18.0 Å². The maximum atomic E-state index is 13.1. The Balaban J connectivity index is 2.44. The molecule has 0 spiro atoms. The first-order valence-electron chi connectivity index (χ1n) is 7.07. The van der Waals surface area contributed by atoms with Gasteiger partial charge in [-0.25, -0.2) is 0 Å². The summed E-state index contributed by atoms with van der Waals surface area (Å²) in [4.78, 5) is 11.2. The standard InChI is InChI=1S/C16H13Cl2F3O3/c17-5-3-1-2-4-9-6-11(18)7-10-8-12(15(22)23)14(16(19,20)21)24-13(9)10/h6-7,12,14H,1,3,5,8H2,(H,22,23). The Morgan fingerprint density at radius 2 is 2.12 bits per heavy atom. The molecule has 1 heterocycles. The van der Waals surface area contributed by atoms with Gasteiger partial charge in [-0.3, -0.25) is 4.79 Å². The predicted octanol–water partition coefficient (Wildman–Crippen LogP) is 4.28. The van der Waals surface area contributed by atoms with Crippen LogP contribution in [0.15, 0.2) is 12.1 Å². The lowest BCUT2D eigenvalue weighted by Crippen LogP contribution is -2.47. The topological polar surface area (TPSA) is 46.5 Å². The highest BCUT2D eigenvalue weighted by Crippen LogP contribution is 2.41. The van der Waals surface area contributed by atoms with E-state index < -0.39 is 24.2 Å². The molecule has 0 aliphatic carbocycles. The van der Waals surface area contributed by atoms with Crippen molar-refractivity contribution in [1.29, 1.82) is 0 Å². The Bertz CT molecular complexity index is 692. The Labute approximate surface area is 146 Å². The number of carboxylic acid groups (broad SMARTS) is 1. The van der Waals surface area contributed by atoms with Crippen molar-refractivity contribution < 1.29 is 27.8 Å². The van der Waals surface area contributed by atoms with E-state index in [1.807, 2.05) is 0 Å². The van der Waals surface area contributed by atoms with Crippen LogP contribution in [0.25, 0.3) is 0 Å². The molecule has 2 rings (SSSR count). The summed E-state index contributed by atoms with van der Waals surface area (Å²) in [5.74, 6) is 2.60. The number of halogens is 5. The SMILES string of the molecule is O=C(O)C1Cc2cc(Cl)cc(C#CCCCCl)c2OC1C(F)(F)F. The van der Waals surface area contributed by atoms with Crippen molar-refractivity contribution in [3.63, 3.8) is 0 Å². The van der Waals surface area contributed by atoms with Gasteiger partial charge >= 0.3 is 12.1 Å². The minimum absolute atomic E-state index is 0.0578. The van der Waals surface area contributed by atoms with Crippen molar-refractivity contribution in [3.8, 4) is 17.6 Å². The van der Waals surface area contributed by atoms with Crippen LogP contribution in [0, 0.1) is 17.8 Å². The van der Waals surface area contributed by atoms with Crippen molar-refractivity contribution >= 4 is 29.2 Å². The molecule has 0 fully saturated rings. The zero-order valence-electron chi connectivity index (χ0n) is 12.3. The van der Waals surface area contributed by atoms with Gasteiger partial charge < -0.3 is 9.84 Å². The Hall–Kier alpha value is -1.58. The third kappa shape index (κ3) is 4.28. The number of hydrogen-bond donors (Lipinski definition) is 1. The van der Waals surface area contributed by atoms with Crippen LogP contribution in [0.4, 0.5) is 13.2 Å². The highest BCUT2D eigenvalue weighted by Gasteiger charge is 2.52. The fourth-order valence-electron chi connectivity index (χ4n) is 2.41. The molecule has 0 bridgehead atoms. The fraction of sp³-hybridized carbons (Fsp3) is 0.438. The lowest BCUT2D eigenvalue weighted by molar-refractivity contribution is -0.217. The van der Waals surface area contributed by atoms with Crippen LogP contribution in [-0.4, -0.2) is 29.2 Å². The number of benzene rings is 1. The lowest BCUT2D eigenvalue weighted by Gasteiger charge is -2.33. The van der Waals surface area contributed by atoms with Gasteiger partial charge in [0.05, 0.1) is 5.56 Å². The lowest BCUT2D eigenvalue weighted by atomic mass is 9.89. The third-order valence-corrected chi connectivity index (χ3v) is 3.96. The third-order valence-electron chi connectivity index (χ3n) is 3.48. The van der Waals surface area contributed by atoms with E-state index in [0.29, 0.717) is 24.3 Å². The molecule has 1 aromatic carbocycles. The maximum absolute atomic E-state index is 13.1. The van der Waals surface area contributed by atoms with Crippen molar-refractivity contribution in [1.82, 2.24) is 0 Å². The van der Waals surface area contributed by atoms with Gasteiger partial charge in [0.1, 0.15) is 11.7 Å². The number of unbranched alkanes of at least 4 members (excludes halogenated alkanes) is 1. The van der Waals surface area contributed by atoms with Gasteiger partial charge in [-0.15, -0.1) is 11.6 Å². The number of ether oxygens (including phenoxy) is 1. The van der Waals surface area contributed by atoms with E-state index in [2.05, 4.69) is 11.8 Å². The molecule has 8 heteroatoms. The van der Waals surface area contributed by atoms with Crippen molar-refractivity contribution in [2.45, 2.75) is 31.5 Å². The smallest absolute Gasteiger partial charge is 0.426 e. The molecule has 0 radical (unpaired) electrons. The molecule has 0 saturated carbocycles. The summed E-state index contributed by atoms with van der Waals surface area (Å²) in [7, 11) is 0. The van der Waals surface area contributed by atoms with Crippen molar-refractivity contribution in [2.75, 3.05) is 5.88 Å². The first-order valence-corrected chi connectivity index (χ1v) is 7.98. The summed E-state index contributed by atoms with van der Waals surface area (Å²) >= 11 is 11.5. The van der Waals surface area contributed by atoms with Gasteiger partial charge in [-0.1, -0.05) is 23.4 Å². The number of alkyl halides is 4. The van der Waals surface area contributed by atoms with Gasteiger partial charge in [0.15, 0.2) is 0 Å². The monoisotopic (exact) mass is 380 g/mol. The van der Waals surface area contributed by atoms with Crippen LogP contribution in [0.5, 0.6) is 5.75 Å². The normalized spacial score (nSPS) is 19.7. The summed E-state index contributed by atoms with van der Waals surface area (Å²) in [5.41, 5.74) is 0.516. The second-order valence-corrected chi connectivity index (χ2v) is 6.08. The first kappa shape index (κ1) is 18.8. The first-order chi connectivity index (χ1) is 11.2. The number of aliphatic carboxylic acids is 1. The molecule has 0 aromatic heterocycles. The number of carbonyl (C=O) groups is 1. The molecule has 24 heavy (non-hydrogen) atoms. The molecule has 3 nitrogen and oxygen atoms in total. The highest BCUT2D eigenvalue weighted by molar-refractivity contribution is 6.30. The van der Waals surface area contributed by atoms with E-state index >= 15 is 0 Å². The number of fused-ring (bicyclic) bond motifs is 1. The number of rotatable bonds is 3. The molecule has 2 atom stereocenters. The Morgan fingerprint density at radius 1 is 1.42 bits per heavy atom. The van der Waals surface area contributed by atoms with Gasteiger partial charge in [0.25, 0.3) is 0 Å². The molecule has 130 valence electrons. The van der Waals surface area contributed by atoms with Gasteiger partial charge in [0, 0.05) is 17.3 Å².